The highest BCUT2D eigenvalue weighted by Gasteiger charge is 2.12. The smallest absolute Gasteiger partial charge is 0.344 e. The number of ether oxygens (including phenoxy) is 3. The van der Waals surface area contributed by atoms with E-state index in [4.69, 9.17) is 14.2 Å². The maximum absolute atomic E-state index is 12.0. The summed E-state index contributed by atoms with van der Waals surface area (Å²) in [5.41, 5.74) is 3.78. The first kappa shape index (κ1) is 19.3. The first-order valence-corrected chi connectivity index (χ1v) is 8.20. The second-order valence-electron chi connectivity index (χ2n) is 5.92. The lowest BCUT2D eigenvalue weighted by molar-refractivity contribution is -0.149. The number of aryl methyl sites for hydroxylation is 3. The molecule has 138 valence electrons. The van der Waals surface area contributed by atoms with Crippen molar-refractivity contribution in [3.05, 3.63) is 53.1 Å². The number of hydrogen-bond acceptors (Lipinski definition) is 5. The highest BCUT2D eigenvalue weighted by molar-refractivity contribution is 5.94. The molecule has 0 aliphatic heterocycles. The molecular weight excluding hydrogens is 334 g/mol. The quantitative estimate of drug-likeness (QED) is 0.771. The van der Waals surface area contributed by atoms with Crippen molar-refractivity contribution in [1.29, 1.82) is 0 Å². The Labute approximate surface area is 153 Å². The summed E-state index contributed by atoms with van der Waals surface area (Å²) in [5, 5.41) is 2.78. The number of amides is 1. The fraction of sp³-hybridized carbons (Fsp3) is 0.300. The van der Waals surface area contributed by atoms with Crippen molar-refractivity contribution in [2.24, 2.45) is 0 Å². The molecule has 0 aromatic heterocycles. The van der Waals surface area contributed by atoms with Crippen molar-refractivity contribution in [1.82, 2.24) is 0 Å². The van der Waals surface area contributed by atoms with Gasteiger partial charge in [-0.1, -0.05) is 29.8 Å². The zero-order chi connectivity index (χ0) is 19.1. The maximum atomic E-state index is 12.0. The van der Waals surface area contributed by atoms with Gasteiger partial charge in [0.2, 0.25) is 0 Å². The zero-order valence-electron chi connectivity index (χ0n) is 15.4. The molecule has 26 heavy (non-hydrogen) atoms. The fourth-order valence-corrected chi connectivity index (χ4v) is 2.62. The van der Waals surface area contributed by atoms with E-state index in [1.165, 1.54) is 7.11 Å². The second-order valence-corrected chi connectivity index (χ2v) is 5.92. The van der Waals surface area contributed by atoms with Gasteiger partial charge in [0.15, 0.2) is 24.7 Å². The molecule has 0 fully saturated rings. The summed E-state index contributed by atoms with van der Waals surface area (Å²) in [6.07, 6.45) is 0. The Balaban J connectivity index is 1.83. The predicted octanol–water partition coefficient (Wildman–Crippen LogP) is 3.18. The molecule has 1 amide bonds. The minimum Gasteiger partial charge on any atom is -0.493 e. The molecular formula is C20H23NO5. The van der Waals surface area contributed by atoms with Crippen molar-refractivity contribution in [3.63, 3.8) is 0 Å². The first-order valence-electron chi connectivity index (χ1n) is 8.20. The number of rotatable bonds is 7. The Hall–Kier alpha value is -3.02. The van der Waals surface area contributed by atoms with Crippen LogP contribution in [0.3, 0.4) is 0 Å². The number of carbonyl (C=O) groups is 2. The van der Waals surface area contributed by atoms with Gasteiger partial charge in [-0.2, -0.15) is 0 Å². The van der Waals surface area contributed by atoms with Crippen LogP contribution in [0.25, 0.3) is 0 Å². The Morgan fingerprint density at radius 2 is 1.58 bits per heavy atom. The van der Waals surface area contributed by atoms with Crippen LogP contribution < -0.4 is 14.8 Å². The van der Waals surface area contributed by atoms with E-state index in [0.717, 1.165) is 22.4 Å². The lowest BCUT2D eigenvalue weighted by atomic mass is 10.1. The zero-order valence-corrected chi connectivity index (χ0v) is 15.4. The van der Waals surface area contributed by atoms with Crippen molar-refractivity contribution >= 4 is 17.6 Å². The van der Waals surface area contributed by atoms with Crippen molar-refractivity contribution in [2.75, 3.05) is 25.6 Å². The van der Waals surface area contributed by atoms with Gasteiger partial charge in [0.25, 0.3) is 5.91 Å². The SMILES string of the molecule is COc1ccccc1OCC(=O)OCC(=O)Nc1c(C)cc(C)cc1C. The van der Waals surface area contributed by atoms with Crippen molar-refractivity contribution in [2.45, 2.75) is 20.8 Å². The van der Waals surface area contributed by atoms with E-state index in [1.807, 2.05) is 32.9 Å². The number of benzene rings is 2. The lowest BCUT2D eigenvalue weighted by Gasteiger charge is -2.13. The van der Waals surface area contributed by atoms with E-state index < -0.39 is 11.9 Å². The number of carbonyl (C=O) groups excluding carboxylic acids is 2. The van der Waals surface area contributed by atoms with Gasteiger partial charge in [0.05, 0.1) is 7.11 Å². The van der Waals surface area contributed by atoms with Crippen LogP contribution in [0.2, 0.25) is 0 Å². The van der Waals surface area contributed by atoms with Crippen LogP contribution in [0.5, 0.6) is 11.5 Å². The van der Waals surface area contributed by atoms with Crippen LogP contribution in [-0.4, -0.2) is 32.2 Å². The molecule has 0 saturated heterocycles. The third-order valence-corrected chi connectivity index (χ3v) is 3.72. The van der Waals surface area contributed by atoms with E-state index in [9.17, 15) is 9.59 Å². The molecule has 0 saturated carbocycles. The summed E-state index contributed by atoms with van der Waals surface area (Å²) in [6.45, 7) is 5.15. The number of para-hydroxylation sites is 2. The van der Waals surface area contributed by atoms with Gasteiger partial charge in [-0.15, -0.1) is 0 Å². The summed E-state index contributed by atoms with van der Waals surface area (Å²) >= 11 is 0. The number of nitrogens with one attached hydrogen (secondary N) is 1. The third kappa shape index (κ3) is 5.24. The molecule has 0 spiro atoms. The summed E-state index contributed by atoms with van der Waals surface area (Å²) < 4.78 is 15.5. The fourth-order valence-electron chi connectivity index (χ4n) is 2.62. The number of hydrogen-bond donors (Lipinski definition) is 1. The minimum absolute atomic E-state index is 0.309. The molecule has 0 aliphatic carbocycles. The van der Waals surface area contributed by atoms with E-state index >= 15 is 0 Å². The summed E-state index contributed by atoms with van der Waals surface area (Å²) in [6, 6.07) is 10.9. The molecule has 0 heterocycles. The van der Waals surface area contributed by atoms with Gasteiger partial charge >= 0.3 is 5.97 Å². The predicted molar refractivity (Wildman–Crippen MR) is 98.7 cm³/mol. The molecule has 2 aromatic carbocycles. The Morgan fingerprint density at radius 3 is 2.19 bits per heavy atom. The summed E-state index contributed by atoms with van der Waals surface area (Å²) in [5.74, 6) is -0.0835. The topological polar surface area (TPSA) is 73.9 Å². The van der Waals surface area contributed by atoms with Crippen LogP contribution in [0.4, 0.5) is 5.69 Å². The van der Waals surface area contributed by atoms with Crippen LogP contribution in [0, 0.1) is 20.8 Å². The highest BCUT2D eigenvalue weighted by atomic mass is 16.6. The standard InChI is InChI=1S/C20H23NO5/c1-13-9-14(2)20(15(3)10-13)21-18(22)11-26-19(23)12-25-17-8-6-5-7-16(17)24-4/h5-10H,11-12H2,1-4H3,(H,21,22). The minimum atomic E-state index is -0.636. The van der Waals surface area contributed by atoms with Crippen LogP contribution in [0.15, 0.2) is 36.4 Å². The van der Waals surface area contributed by atoms with Crippen molar-refractivity contribution in [3.8, 4) is 11.5 Å². The monoisotopic (exact) mass is 357 g/mol. The molecule has 0 bridgehead atoms. The van der Waals surface area contributed by atoms with E-state index in [2.05, 4.69) is 5.32 Å². The van der Waals surface area contributed by atoms with E-state index in [0.29, 0.717) is 11.5 Å². The molecule has 2 rings (SSSR count). The van der Waals surface area contributed by atoms with Gasteiger partial charge in [-0.05, 0) is 44.0 Å². The average molecular weight is 357 g/mol. The number of anilines is 1. The maximum Gasteiger partial charge on any atom is 0.344 e. The van der Waals surface area contributed by atoms with E-state index in [-0.39, 0.29) is 13.2 Å². The Kier molecular flexibility index (Phi) is 6.60. The molecule has 1 N–H and O–H groups in total. The lowest BCUT2D eigenvalue weighted by Crippen LogP contribution is -2.24. The summed E-state index contributed by atoms with van der Waals surface area (Å²) in [4.78, 5) is 23.8. The van der Waals surface area contributed by atoms with Gasteiger partial charge < -0.3 is 19.5 Å². The highest BCUT2D eigenvalue weighted by Crippen LogP contribution is 2.25. The van der Waals surface area contributed by atoms with Crippen LogP contribution in [0.1, 0.15) is 16.7 Å². The molecule has 2 aromatic rings. The molecule has 6 nitrogen and oxygen atoms in total. The average Bonchev–Trinajstić information content (AvgIpc) is 2.61. The van der Waals surface area contributed by atoms with E-state index in [1.54, 1.807) is 24.3 Å². The molecule has 0 radical (unpaired) electrons. The van der Waals surface area contributed by atoms with Crippen molar-refractivity contribution < 1.29 is 23.8 Å². The Bertz CT molecular complexity index is 778. The number of esters is 1. The number of methoxy groups -OCH3 is 1. The normalized spacial score (nSPS) is 10.2. The van der Waals surface area contributed by atoms with Crippen LogP contribution in [-0.2, 0) is 14.3 Å². The molecule has 0 aliphatic rings. The van der Waals surface area contributed by atoms with Gasteiger partial charge in [0.1, 0.15) is 0 Å². The summed E-state index contributed by atoms with van der Waals surface area (Å²) in [7, 11) is 1.51. The molecule has 6 heteroatoms. The molecule has 0 atom stereocenters. The Morgan fingerprint density at radius 1 is 0.962 bits per heavy atom. The van der Waals surface area contributed by atoms with Crippen LogP contribution >= 0.6 is 0 Å². The largest absolute Gasteiger partial charge is 0.493 e. The van der Waals surface area contributed by atoms with Gasteiger partial charge in [-0.25, -0.2) is 4.79 Å². The first-order chi connectivity index (χ1) is 12.4. The second kappa shape index (κ2) is 8.89. The van der Waals surface area contributed by atoms with Gasteiger partial charge in [-0.3, -0.25) is 4.79 Å². The van der Waals surface area contributed by atoms with Gasteiger partial charge in [0, 0.05) is 5.69 Å². The molecule has 0 unspecified atom stereocenters. The third-order valence-electron chi connectivity index (χ3n) is 3.72.